The predicted octanol–water partition coefficient (Wildman–Crippen LogP) is 4.98. The van der Waals surface area contributed by atoms with Crippen LogP contribution in [0.5, 0.6) is 11.5 Å². The van der Waals surface area contributed by atoms with Crippen molar-refractivity contribution < 1.29 is 23.1 Å². The largest absolute Gasteiger partial charge is 0.454 e. The fourth-order valence-corrected chi connectivity index (χ4v) is 3.97. The number of fused-ring (bicyclic) bond motifs is 1. The lowest BCUT2D eigenvalue weighted by atomic mass is 10.1. The number of hydrogen-bond donors (Lipinski definition) is 1. The van der Waals surface area contributed by atoms with E-state index in [9.17, 15) is 9.18 Å². The third-order valence-corrected chi connectivity index (χ3v) is 5.88. The van der Waals surface area contributed by atoms with Crippen molar-refractivity contribution in [1.82, 2.24) is 15.2 Å². The van der Waals surface area contributed by atoms with Gasteiger partial charge in [-0.25, -0.2) is 9.37 Å². The lowest BCUT2D eigenvalue weighted by Gasteiger charge is -2.21. The van der Waals surface area contributed by atoms with Gasteiger partial charge in [-0.2, -0.15) is 0 Å². The van der Waals surface area contributed by atoms with Crippen LogP contribution in [0.1, 0.15) is 38.6 Å². The Balaban J connectivity index is 1.27. The van der Waals surface area contributed by atoms with E-state index >= 15 is 0 Å². The lowest BCUT2D eigenvalue weighted by Crippen LogP contribution is -2.24. The summed E-state index contributed by atoms with van der Waals surface area (Å²) < 4.78 is 29.7. The molecule has 0 fully saturated rings. The molecule has 184 valence electrons. The molecule has 0 bridgehead atoms. The molecule has 1 aromatic heterocycles. The minimum atomic E-state index is -0.352. The van der Waals surface area contributed by atoms with Crippen LogP contribution in [-0.2, 0) is 26.2 Å². The molecule has 7 nitrogen and oxygen atoms in total. The molecular weight excluding hydrogens is 461 g/mol. The van der Waals surface area contributed by atoms with E-state index in [1.54, 1.807) is 12.1 Å². The molecule has 0 atom stereocenters. The Morgan fingerprint density at radius 1 is 0.917 bits per heavy atom. The average molecular weight is 488 g/mol. The maximum absolute atomic E-state index is 13.1. The minimum Gasteiger partial charge on any atom is -0.454 e. The molecule has 0 saturated heterocycles. The number of nitrogens with one attached hydrogen (secondary N) is 1. The Kier molecular flexibility index (Phi) is 6.95. The van der Waals surface area contributed by atoms with Gasteiger partial charge in [0.05, 0.1) is 6.54 Å². The van der Waals surface area contributed by atoms with E-state index in [1.807, 2.05) is 18.2 Å². The van der Waals surface area contributed by atoms with Gasteiger partial charge >= 0.3 is 0 Å². The van der Waals surface area contributed by atoms with Gasteiger partial charge in [-0.15, -0.1) is 0 Å². The predicted molar refractivity (Wildman–Crippen MR) is 131 cm³/mol. The number of oxazole rings is 1. The number of amides is 1. The van der Waals surface area contributed by atoms with E-state index in [0.29, 0.717) is 25.5 Å². The second-order valence-corrected chi connectivity index (χ2v) is 8.75. The first-order chi connectivity index (χ1) is 17.5. The van der Waals surface area contributed by atoms with Crippen LogP contribution in [0.15, 0.2) is 77.4 Å². The van der Waals surface area contributed by atoms with Gasteiger partial charge in [0.2, 0.25) is 12.7 Å². The molecule has 4 aromatic rings. The number of aromatic nitrogens is 1. The number of ether oxygens (including phenoxy) is 2. The molecule has 0 radical (unpaired) electrons. The Hall–Kier alpha value is -4.17. The number of benzene rings is 3. The first-order valence-electron chi connectivity index (χ1n) is 11.7. The molecular formula is C28H26FN3O4. The highest BCUT2D eigenvalue weighted by Crippen LogP contribution is 2.33. The normalized spacial score (nSPS) is 12.2. The van der Waals surface area contributed by atoms with Crippen molar-refractivity contribution in [2.45, 2.75) is 33.1 Å². The number of halogens is 1. The molecule has 1 amide bonds. The maximum Gasteiger partial charge on any atom is 0.273 e. The summed E-state index contributed by atoms with van der Waals surface area (Å²) in [5.41, 5.74) is 4.41. The van der Waals surface area contributed by atoms with Crippen LogP contribution in [0.4, 0.5) is 4.39 Å². The fraction of sp³-hybridized carbons (Fsp3) is 0.214. The zero-order valence-corrected chi connectivity index (χ0v) is 19.9. The standard InChI is InChI=1S/C28H26FN3O4/c1-19-2-4-21(5-3-19)14-32(15-22-8-11-25-26(12-22)36-18-35-25)16-27-31-24(17-34-27)28(33)30-13-20-6-9-23(29)10-7-20/h2-12,17H,13-16,18H2,1H3,(H,30,33). The summed E-state index contributed by atoms with van der Waals surface area (Å²) in [7, 11) is 0. The van der Waals surface area contributed by atoms with Crippen molar-refractivity contribution in [2.24, 2.45) is 0 Å². The van der Waals surface area contributed by atoms with Crippen molar-refractivity contribution in [2.75, 3.05) is 6.79 Å². The van der Waals surface area contributed by atoms with Crippen LogP contribution in [-0.4, -0.2) is 22.6 Å². The highest BCUT2D eigenvalue weighted by molar-refractivity contribution is 5.91. The number of carbonyl (C=O) groups excluding carboxylic acids is 1. The third kappa shape index (κ3) is 5.90. The zero-order valence-electron chi connectivity index (χ0n) is 19.9. The smallest absolute Gasteiger partial charge is 0.273 e. The first kappa shape index (κ1) is 23.6. The van der Waals surface area contributed by atoms with Crippen molar-refractivity contribution in [1.29, 1.82) is 0 Å². The molecule has 0 aliphatic carbocycles. The van der Waals surface area contributed by atoms with Crippen LogP contribution in [0.25, 0.3) is 0 Å². The molecule has 0 saturated carbocycles. The molecule has 5 rings (SSSR count). The van der Waals surface area contributed by atoms with Gasteiger partial charge in [-0.3, -0.25) is 9.69 Å². The summed E-state index contributed by atoms with van der Waals surface area (Å²) in [6.45, 7) is 4.26. The highest BCUT2D eigenvalue weighted by atomic mass is 19.1. The topological polar surface area (TPSA) is 76.8 Å². The van der Waals surface area contributed by atoms with Crippen LogP contribution in [0.2, 0.25) is 0 Å². The molecule has 0 spiro atoms. The van der Waals surface area contributed by atoms with E-state index in [-0.39, 0.29) is 30.8 Å². The maximum atomic E-state index is 13.1. The minimum absolute atomic E-state index is 0.200. The summed E-state index contributed by atoms with van der Waals surface area (Å²) in [5.74, 6) is 1.25. The van der Waals surface area contributed by atoms with Gasteiger partial charge in [0.1, 0.15) is 12.1 Å². The SMILES string of the molecule is Cc1ccc(CN(Cc2ccc3c(c2)OCO3)Cc2nc(C(=O)NCc3ccc(F)cc3)co2)cc1. The molecule has 0 unspecified atom stereocenters. The Bertz CT molecular complexity index is 1340. The molecule has 1 N–H and O–H groups in total. The monoisotopic (exact) mass is 487 g/mol. The van der Waals surface area contributed by atoms with Crippen molar-refractivity contribution in [3.63, 3.8) is 0 Å². The van der Waals surface area contributed by atoms with Gasteiger partial charge < -0.3 is 19.2 Å². The van der Waals surface area contributed by atoms with Crippen molar-refractivity contribution in [3.05, 3.63) is 113 Å². The fourth-order valence-electron chi connectivity index (χ4n) is 3.97. The van der Waals surface area contributed by atoms with E-state index in [0.717, 1.165) is 28.2 Å². The molecule has 1 aliphatic heterocycles. The van der Waals surface area contributed by atoms with Crippen molar-refractivity contribution in [3.8, 4) is 11.5 Å². The number of rotatable bonds is 9. The van der Waals surface area contributed by atoms with E-state index in [1.165, 1.54) is 24.0 Å². The van der Waals surface area contributed by atoms with E-state index in [4.69, 9.17) is 13.9 Å². The van der Waals surface area contributed by atoms with E-state index < -0.39 is 0 Å². The summed E-state index contributed by atoms with van der Waals surface area (Å²) >= 11 is 0. The van der Waals surface area contributed by atoms with Crippen LogP contribution < -0.4 is 14.8 Å². The number of hydrogen-bond acceptors (Lipinski definition) is 6. The average Bonchev–Trinajstić information content (AvgIpc) is 3.54. The number of carbonyl (C=O) groups is 1. The van der Waals surface area contributed by atoms with Crippen LogP contribution in [0.3, 0.4) is 0 Å². The van der Waals surface area contributed by atoms with E-state index in [2.05, 4.69) is 46.4 Å². The highest BCUT2D eigenvalue weighted by Gasteiger charge is 2.18. The Morgan fingerprint density at radius 2 is 1.61 bits per heavy atom. The van der Waals surface area contributed by atoms with Gasteiger partial charge in [-0.1, -0.05) is 48.0 Å². The van der Waals surface area contributed by atoms with Gasteiger partial charge in [-0.05, 0) is 47.9 Å². The van der Waals surface area contributed by atoms with Crippen LogP contribution in [0, 0.1) is 12.7 Å². The quantitative estimate of drug-likeness (QED) is 0.359. The van der Waals surface area contributed by atoms with Gasteiger partial charge in [0, 0.05) is 19.6 Å². The number of nitrogens with zero attached hydrogens (tertiary/aromatic N) is 2. The van der Waals surface area contributed by atoms with Gasteiger partial charge in [0.15, 0.2) is 17.2 Å². The summed E-state index contributed by atoms with van der Waals surface area (Å²) in [5, 5.41) is 2.79. The summed E-state index contributed by atoms with van der Waals surface area (Å²) in [6.07, 6.45) is 1.36. The summed E-state index contributed by atoms with van der Waals surface area (Å²) in [4.78, 5) is 19.2. The second-order valence-electron chi connectivity index (χ2n) is 8.75. The Morgan fingerprint density at radius 3 is 2.42 bits per heavy atom. The molecule has 1 aliphatic rings. The van der Waals surface area contributed by atoms with Crippen LogP contribution >= 0.6 is 0 Å². The first-order valence-corrected chi connectivity index (χ1v) is 11.7. The second kappa shape index (κ2) is 10.6. The van der Waals surface area contributed by atoms with Crippen molar-refractivity contribution >= 4 is 5.91 Å². The molecule has 8 heteroatoms. The number of aryl methyl sites for hydroxylation is 1. The Labute approximate surface area is 208 Å². The third-order valence-electron chi connectivity index (χ3n) is 5.88. The van der Waals surface area contributed by atoms with Gasteiger partial charge in [0.25, 0.3) is 5.91 Å². The molecule has 36 heavy (non-hydrogen) atoms. The zero-order chi connectivity index (χ0) is 24.9. The molecule has 3 aromatic carbocycles. The molecule has 2 heterocycles. The lowest BCUT2D eigenvalue weighted by molar-refractivity contribution is 0.0945. The summed E-state index contributed by atoms with van der Waals surface area (Å²) in [6, 6.07) is 20.3.